The third-order valence-electron chi connectivity index (χ3n) is 5.99. The van der Waals surface area contributed by atoms with Crippen molar-refractivity contribution in [1.29, 1.82) is 0 Å². The van der Waals surface area contributed by atoms with Crippen LogP contribution in [-0.2, 0) is 6.42 Å². The van der Waals surface area contributed by atoms with E-state index < -0.39 is 0 Å². The minimum atomic E-state index is -0.0183. The second-order valence-corrected chi connectivity index (χ2v) is 9.49. The molecular formula is C27H25ClN4O3S. The van der Waals surface area contributed by atoms with E-state index in [0.29, 0.717) is 41.8 Å². The summed E-state index contributed by atoms with van der Waals surface area (Å²) in [4.78, 5) is 21.7. The fourth-order valence-electron chi connectivity index (χ4n) is 4.15. The molecule has 0 saturated carbocycles. The van der Waals surface area contributed by atoms with Gasteiger partial charge in [0.2, 0.25) is 0 Å². The third kappa shape index (κ3) is 5.61. The molecule has 4 aromatic rings. The van der Waals surface area contributed by atoms with Crippen LogP contribution in [0.25, 0.3) is 0 Å². The predicted octanol–water partition coefficient (Wildman–Crippen LogP) is 5.55. The maximum atomic E-state index is 13.2. The van der Waals surface area contributed by atoms with Gasteiger partial charge in [-0.25, -0.2) is 0 Å². The van der Waals surface area contributed by atoms with Crippen LogP contribution in [-0.4, -0.2) is 53.5 Å². The van der Waals surface area contributed by atoms with E-state index in [4.69, 9.17) is 21.1 Å². The fourth-order valence-corrected chi connectivity index (χ4v) is 4.97. The Morgan fingerprint density at radius 3 is 2.56 bits per heavy atom. The van der Waals surface area contributed by atoms with E-state index in [2.05, 4.69) is 14.3 Å². The molecule has 0 radical (unpaired) electrons. The number of nitrogens with zero attached hydrogens (tertiary/aromatic N) is 4. The number of carbonyl (C=O) groups excluding carboxylic acids is 1. The number of hydrogen-bond donors (Lipinski definition) is 0. The quantitative estimate of drug-likeness (QED) is 0.318. The van der Waals surface area contributed by atoms with Gasteiger partial charge in [-0.3, -0.25) is 4.79 Å². The lowest BCUT2D eigenvalue weighted by molar-refractivity contribution is 0.0746. The summed E-state index contributed by atoms with van der Waals surface area (Å²) in [7, 11) is 1.64. The van der Waals surface area contributed by atoms with Crippen LogP contribution in [0.3, 0.4) is 0 Å². The first-order chi connectivity index (χ1) is 17.6. The molecule has 2 heterocycles. The molecule has 1 aliphatic heterocycles. The highest BCUT2D eigenvalue weighted by Gasteiger charge is 2.23. The SMILES string of the molecule is COc1cccc(Cc2nsc(Oc3cccc(C(=O)N4CCN(c5ccccc5Cl)CC4)c3)n2)c1. The average Bonchev–Trinajstić information content (AvgIpc) is 3.35. The number of para-hydroxylation sites is 1. The topological polar surface area (TPSA) is 67.8 Å². The van der Waals surface area contributed by atoms with E-state index in [1.165, 1.54) is 11.5 Å². The maximum absolute atomic E-state index is 13.2. The Kier molecular flexibility index (Phi) is 7.34. The van der Waals surface area contributed by atoms with Crippen LogP contribution in [0.2, 0.25) is 5.02 Å². The van der Waals surface area contributed by atoms with Crippen molar-refractivity contribution in [1.82, 2.24) is 14.3 Å². The second-order valence-electron chi connectivity index (χ2n) is 8.37. The Bertz CT molecular complexity index is 1350. The lowest BCUT2D eigenvalue weighted by atomic mass is 10.1. The van der Waals surface area contributed by atoms with E-state index >= 15 is 0 Å². The van der Waals surface area contributed by atoms with Gasteiger partial charge in [0.25, 0.3) is 11.1 Å². The molecule has 1 fully saturated rings. The van der Waals surface area contributed by atoms with Gasteiger partial charge in [0.15, 0.2) is 5.82 Å². The number of methoxy groups -OCH3 is 1. The summed E-state index contributed by atoms with van der Waals surface area (Å²) < 4.78 is 15.6. The lowest BCUT2D eigenvalue weighted by Gasteiger charge is -2.36. The highest BCUT2D eigenvalue weighted by Crippen LogP contribution is 2.28. The number of carbonyl (C=O) groups is 1. The molecule has 184 valence electrons. The summed E-state index contributed by atoms with van der Waals surface area (Å²) in [5, 5.41) is 1.16. The zero-order chi connectivity index (χ0) is 24.9. The molecule has 1 aromatic heterocycles. The summed E-state index contributed by atoms with van der Waals surface area (Å²) >= 11 is 7.53. The molecule has 0 spiro atoms. The Morgan fingerprint density at radius 2 is 1.75 bits per heavy atom. The Hall–Kier alpha value is -3.62. The minimum Gasteiger partial charge on any atom is -0.497 e. The molecule has 1 saturated heterocycles. The van der Waals surface area contributed by atoms with Crippen LogP contribution >= 0.6 is 23.1 Å². The van der Waals surface area contributed by atoms with Gasteiger partial charge in [-0.05, 0) is 48.0 Å². The third-order valence-corrected chi connectivity index (χ3v) is 6.94. The lowest BCUT2D eigenvalue weighted by Crippen LogP contribution is -2.48. The number of hydrogen-bond acceptors (Lipinski definition) is 7. The first-order valence-electron chi connectivity index (χ1n) is 11.6. The van der Waals surface area contributed by atoms with Crippen LogP contribution in [0.15, 0.2) is 72.8 Å². The normalized spacial score (nSPS) is 13.5. The first-order valence-corrected chi connectivity index (χ1v) is 12.8. The number of aromatic nitrogens is 2. The van der Waals surface area contributed by atoms with Crippen LogP contribution in [0.4, 0.5) is 5.69 Å². The fraction of sp³-hybridized carbons (Fsp3) is 0.222. The van der Waals surface area contributed by atoms with Crippen LogP contribution in [0.5, 0.6) is 16.7 Å². The molecule has 9 heteroatoms. The zero-order valence-corrected chi connectivity index (χ0v) is 21.3. The summed E-state index contributed by atoms with van der Waals surface area (Å²) in [6.07, 6.45) is 0.579. The molecule has 5 rings (SSSR count). The molecule has 36 heavy (non-hydrogen) atoms. The molecule has 0 aliphatic carbocycles. The summed E-state index contributed by atoms with van der Waals surface area (Å²) in [5.41, 5.74) is 2.64. The maximum Gasteiger partial charge on any atom is 0.298 e. The van der Waals surface area contributed by atoms with Gasteiger partial charge in [-0.1, -0.05) is 41.9 Å². The van der Waals surface area contributed by atoms with E-state index in [-0.39, 0.29) is 5.91 Å². The minimum absolute atomic E-state index is 0.0183. The molecule has 0 unspecified atom stereocenters. The molecule has 1 aliphatic rings. The number of amides is 1. The number of anilines is 1. The van der Waals surface area contributed by atoms with Crippen molar-refractivity contribution in [2.24, 2.45) is 0 Å². The molecule has 0 bridgehead atoms. The monoisotopic (exact) mass is 520 g/mol. The van der Waals surface area contributed by atoms with Gasteiger partial charge in [0.1, 0.15) is 11.5 Å². The smallest absolute Gasteiger partial charge is 0.298 e. The zero-order valence-electron chi connectivity index (χ0n) is 19.8. The molecule has 3 aromatic carbocycles. The molecule has 7 nitrogen and oxygen atoms in total. The van der Waals surface area contributed by atoms with Crippen LogP contribution in [0.1, 0.15) is 21.7 Å². The largest absolute Gasteiger partial charge is 0.497 e. The summed E-state index contributed by atoms with van der Waals surface area (Å²) in [6.45, 7) is 2.71. The van der Waals surface area contributed by atoms with Gasteiger partial charge in [-0.15, -0.1) is 0 Å². The van der Waals surface area contributed by atoms with Crippen LogP contribution in [0, 0.1) is 0 Å². The standard InChI is InChI=1S/C27H25ClN4O3S/c1-34-21-8-4-6-19(16-21)17-25-29-27(36-30-25)35-22-9-5-7-20(18-22)26(33)32-14-12-31(13-15-32)24-11-3-2-10-23(24)28/h2-11,16,18H,12-15,17H2,1H3. The van der Waals surface area contributed by atoms with Crippen molar-refractivity contribution in [3.05, 3.63) is 94.8 Å². The Balaban J connectivity index is 1.20. The van der Waals surface area contributed by atoms with E-state index in [0.717, 1.165) is 35.1 Å². The first kappa shape index (κ1) is 24.1. The van der Waals surface area contributed by atoms with Crippen molar-refractivity contribution < 1.29 is 14.3 Å². The van der Waals surface area contributed by atoms with Crippen molar-refractivity contribution in [2.45, 2.75) is 6.42 Å². The summed E-state index contributed by atoms with van der Waals surface area (Å²) in [6, 6.07) is 22.8. The number of benzene rings is 3. The molecule has 0 N–H and O–H groups in total. The van der Waals surface area contributed by atoms with Crippen molar-refractivity contribution >= 4 is 34.7 Å². The van der Waals surface area contributed by atoms with Gasteiger partial charge in [-0.2, -0.15) is 9.36 Å². The van der Waals surface area contributed by atoms with Crippen molar-refractivity contribution in [2.75, 3.05) is 38.2 Å². The van der Waals surface area contributed by atoms with Crippen LogP contribution < -0.4 is 14.4 Å². The second kappa shape index (κ2) is 11.0. The highest BCUT2D eigenvalue weighted by molar-refractivity contribution is 7.07. The number of ether oxygens (including phenoxy) is 2. The number of piperazine rings is 1. The molecular weight excluding hydrogens is 496 g/mol. The number of halogens is 1. The van der Waals surface area contributed by atoms with Gasteiger partial charge >= 0.3 is 0 Å². The average molecular weight is 521 g/mol. The predicted molar refractivity (Wildman–Crippen MR) is 142 cm³/mol. The van der Waals surface area contributed by atoms with Gasteiger partial charge in [0, 0.05) is 49.7 Å². The van der Waals surface area contributed by atoms with E-state index in [1.807, 2.05) is 71.6 Å². The van der Waals surface area contributed by atoms with Gasteiger partial charge in [0.05, 0.1) is 17.8 Å². The van der Waals surface area contributed by atoms with E-state index in [1.54, 1.807) is 13.2 Å². The summed E-state index contributed by atoms with van der Waals surface area (Å²) in [5.74, 6) is 2.01. The Morgan fingerprint density at radius 1 is 0.972 bits per heavy atom. The molecule has 1 amide bonds. The molecule has 0 atom stereocenters. The van der Waals surface area contributed by atoms with E-state index in [9.17, 15) is 4.79 Å². The van der Waals surface area contributed by atoms with Gasteiger partial charge < -0.3 is 19.3 Å². The van der Waals surface area contributed by atoms with Crippen molar-refractivity contribution in [3.63, 3.8) is 0 Å². The Labute approximate surface area is 219 Å². The number of rotatable bonds is 7. The highest BCUT2D eigenvalue weighted by atomic mass is 35.5. The van der Waals surface area contributed by atoms with Crippen molar-refractivity contribution in [3.8, 4) is 16.7 Å².